The molecule has 1 aromatic carbocycles. The fourth-order valence-corrected chi connectivity index (χ4v) is 3.95. The molecule has 0 unspecified atom stereocenters. The van der Waals surface area contributed by atoms with Gasteiger partial charge in [-0.05, 0) is 48.6 Å². The van der Waals surface area contributed by atoms with Crippen LogP contribution < -0.4 is 10.1 Å². The number of amides is 1. The van der Waals surface area contributed by atoms with Crippen molar-refractivity contribution < 1.29 is 9.53 Å². The molecular weight excluding hydrogens is 376 g/mol. The molecular formula is C18H17ClN2O2S2. The molecule has 0 saturated carbocycles. The van der Waals surface area contributed by atoms with Gasteiger partial charge in [0, 0.05) is 16.8 Å². The van der Waals surface area contributed by atoms with E-state index in [4.69, 9.17) is 16.3 Å². The number of anilines is 1. The number of halogens is 1. The SMILES string of the molecule is Cc1cc(Cl)ccc1OCCCC(=O)Nc1nc(-c2cccs2)cs1. The van der Waals surface area contributed by atoms with E-state index in [9.17, 15) is 4.79 Å². The number of hydrogen-bond donors (Lipinski definition) is 1. The van der Waals surface area contributed by atoms with E-state index in [1.807, 2.05) is 41.9 Å². The molecule has 130 valence electrons. The highest BCUT2D eigenvalue weighted by molar-refractivity contribution is 7.16. The summed E-state index contributed by atoms with van der Waals surface area (Å²) in [6.45, 7) is 2.43. The van der Waals surface area contributed by atoms with Gasteiger partial charge < -0.3 is 10.1 Å². The predicted octanol–water partition coefficient (Wildman–Crippen LogP) is 5.63. The maximum Gasteiger partial charge on any atom is 0.226 e. The van der Waals surface area contributed by atoms with E-state index in [0.717, 1.165) is 21.9 Å². The van der Waals surface area contributed by atoms with Crippen molar-refractivity contribution in [3.8, 4) is 16.3 Å². The highest BCUT2D eigenvalue weighted by Crippen LogP contribution is 2.28. The second-order valence-corrected chi connectivity index (χ2v) is 7.67. The van der Waals surface area contributed by atoms with Crippen LogP contribution in [0.1, 0.15) is 18.4 Å². The molecule has 0 spiro atoms. The summed E-state index contributed by atoms with van der Waals surface area (Å²) in [7, 11) is 0. The van der Waals surface area contributed by atoms with E-state index in [-0.39, 0.29) is 5.91 Å². The monoisotopic (exact) mass is 392 g/mol. The number of carbonyl (C=O) groups excluding carboxylic acids is 1. The number of rotatable bonds is 7. The summed E-state index contributed by atoms with van der Waals surface area (Å²) in [5, 5.41) is 8.12. The molecule has 7 heteroatoms. The molecule has 1 amide bonds. The number of benzene rings is 1. The molecule has 0 aliphatic heterocycles. The molecule has 4 nitrogen and oxygen atoms in total. The van der Waals surface area contributed by atoms with Crippen LogP contribution in [0.5, 0.6) is 5.75 Å². The third-order valence-corrected chi connectivity index (χ3v) is 5.35. The molecule has 3 rings (SSSR count). The molecule has 0 radical (unpaired) electrons. The fourth-order valence-electron chi connectivity index (χ4n) is 2.24. The van der Waals surface area contributed by atoms with Crippen LogP contribution >= 0.6 is 34.3 Å². The molecule has 1 N–H and O–H groups in total. The smallest absolute Gasteiger partial charge is 0.226 e. The lowest BCUT2D eigenvalue weighted by molar-refractivity contribution is -0.116. The summed E-state index contributed by atoms with van der Waals surface area (Å²) in [4.78, 5) is 17.6. The first-order valence-electron chi connectivity index (χ1n) is 7.80. The molecule has 0 atom stereocenters. The van der Waals surface area contributed by atoms with Gasteiger partial charge >= 0.3 is 0 Å². The molecule has 0 saturated heterocycles. The maximum absolute atomic E-state index is 12.0. The molecule has 0 aliphatic carbocycles. The third-order valence-electron chi connectivity index (χ3n) is 3.47. The van der Waals surface area contributed by atoms with Crippen molar-refractivity contribution in [1.29, 1.82) is 0 Å². The molecule has 0 aliphatic rings. The minimum Gasteiger partial charge on any atom is -0.493 e. The topological polar surface area (TPSA) is 51.2 Å². The first-order chi connectivity index (χ1) is 12.1. The Morgan fingerprint density at radius 2 is 2.20 bits per heavy atom. The predicted molar refractivity (Wildman–Crippen MR) is 105 cm³/mol. The van der Waals surface area contributed by atoms with Gasteiger partial charge in [0.2, 0.25) is 5.91 Å². The minimum absolute atomic E-state index is 0.0523. The van der Waals surface area contributed by atoms with Gasteiger partial charge in [-0.2, -0.15) is 0 Å². The Kier molecular flexibility index (Phi) is 6.07. The Morgan fingerprint density at radius 1 is 1.32 bits per heavy atom. The lowest BCUT2D eigenvalue weighted by Gasteiger charge is -2.09. The second kappa shape index (κ2) is 8.47. The van der Waals surface area contributed by atoms with Crippen LogP contribution in [0.15, 0.2) is 41.1 Å². The van der Waals surface area contributed by atoms with Gasteiger partial charge in [0.25, 0.3) is 0 Å². The molecule has 0 fully saturated rings. The van der Waals surface area contributed by atoms with Gasteiger partial charge in [-0.3, -0.25) is 4.79 Å². The van der Waals surface area contributed by atoms with Crippen LogP contribution in [-0.2, 0) is 4.79 Å². The van der Waals surface area contributed by atoms with Crippen molar-refractivity contribution in [3.05, 3.63) is 51.7 Å². The standard InChI is InChI=1S/C18H17ClN2O2S2/c1-12-10-13(19)6-7-15(12)23-8-2-5-17(22)21-18-20-14(11-25-18)16-4-3-9-24-16/h3-4,6-7,9-11H,2,5,8H2,1H3,(H,20,21,22). The summed E-state index contributed by atoms with van der Waals surface area (Å²) < 4.78 is 5.70. The summed E-state index contributed by atoms with van der Waals surface area (Å²) in [5.74, 6) is 0.744. The zero-order chi connectivity index (χ0) is 17.6. The average Bonchev–Trinajstić information content (AvgIpc) is 3.24. The van der Waals surface area contributed by atoms with E-state index in [0.29, 0.717) is 29.6 Å². The first-order valence-corrected chi connectivity index (χ1v) is 9.94. The van der Waals surface area contributed by atoms with Crippen LogP contribution in [0.25, 0.3) is 10.6 Å². The summed E-state index contributed by atoms with van der Waals surface area (Å²) >= 11 is 8.99. The third kappa shape index (κ3) is 5.04. The molecule has 2 aromatic heterocycles. The highest BCUT2D eigenvalue weighted by Gasteiger charge is 2.09. The van der Waals surface area contributed by atoms with E-state index in [1.165, 1.54) is 11.3 Å². The van der Waals surface area contributed by atoms with E-state index in [1.54, 1.807) is 17.4 Å². The van der Waals surface area contributed by atoms with Crippen LogP contribution in [0.4, 0.5) is 5.13 Å². The Labute approximate surface area is 159 Å². The quantitative estimate of drug-likeness (QED) is 0.530. The van der Waals surface area contributed by atoms with Crippen molar-refractivity contribution in [2.75, 3.05) is 11.9 Å². The van der Waals surface area contributed by atoms with Crippen molar-refractivity contribution >= 4 is 45.3 Å². The average molecular weight is 393 g/mol. The van der Waals surface area contributed by atoms with Crippen molar-refractivity contribution in [1.82, 2.24) is 4.98 Å². The van der Waals surface area contributed by atoms with Crippen LogP contribution in [0.3, 0.4) is 0 Å². The van der Waals surface area contributed by atoms with Crippen molar-refractivity contribution in [2.24, 2.45) is 0 Å². The summed E-state index contributed by atoms with van der Waals surface area (Å²) in [6, 6.07) is 9.50. The van der Waals surface area contributed by atoms with Gasteiger partial charge in [0.15, 0.2) is 5.13 Å². The molecule has 2 heterocycles. The number of ether oxygens (including phenoxy) is 1. The maximum atomic E-state index is 12.0. The van der Waals surface area contributed by atoms with Crippen molar-refractivity contribution in [3.63, 3.8) is 0 Å². The zero-order valence-corrected chi connectivity index (χ0v) is 16.0. The molecule has 0 bridgehead atoms. The van der Waals surface area contributed by atoms with Crippen LogP contribution in [0, 0.1) is 6.92 Å². The number of hydrogen-bond acceptors (Lipinski definition) is 5. The number of nitrogens with one attached hydrogen (secondary N) is 1. The highest BCUT2D eigenvalue weighted by atomic mass is 35.5. The summed E-state index contributed by atoms with van der Waals surface area (Å²) in [6.07, 6.45) is 1.03. The number of nitrogens with zero attached hydrogens (tertiary/aromatic N) is 1. The number of thiazole rings is 1. The van der Waals surface area contributed by atoms with Gasteiger partial charge in [-0.25, -0.2) is 4.98 Å². The largest absolute Gasteiger partial charge is 0.493 e. The van der Waals surface area contributed by atoms with Crippen LogP contribution in [0.2, 0.25) is 5.02 Å². The second-order valence-electron chi connectivity index (χ2n) is 5.43. The Morgan fingerprint density at radius 3 is 2.96 bits per heavy atom. The van der Waals surface area contributed by atoms with E-state index in [2.05, 4.69) is 10.3 Å². The molecule has 3 aromatic rings. The lowest BCUT2D eigenvalue weighted by atomic mass is 10.2. The number of aromatic nitrogens is 1. The number of carbonyl (C=O) groups is 1. The number of thiophene rings is 1. The van der Waals surface area contributed by atoms with E-state index < -0.39 is 0 Å². The van der Waals surface area contributed by atoms with Gasteiger partial charge in [-0.15, -0.1) is 22.7 Å². The van der Waals surface area contributed by atoms with Gasteiger partial charge in [-0.1, -0.05) is 17.7 Å². The van der Waals surface area contributed by atoms with Crippen molar-refractivity contribution in [2.45, 2.75) is 19.8 Å². The van der Waals surface area contributed by atoms with Gasteiger partial charge in [0.05, 0.1) is 17.2 Å². The zero-order valence-electron chi connectivity index (χ0n) is 13.6. The Bertz CT molecular complexity index is 847. The normalized spacial score (nSPS) is 10.6. The van der Waals surface area contributed by atoms with E-state index >= 15 is 0 Å². The molecule has 25 heavy (non-hydrogen) atoms. The van der Waals surface area contributed by atoms with Gasteiger partial charge in [0.1, 0.15) is 5.75 Å². The Hall–Kier alpha value is -1.89. The van der Waals surface area contributed by atoms with Crippen LogP contribution in [-0.4, -0.2) is 17.5 Å². The fraction of sp³-hybridized carbons (Fsp3) is 0.222. The lowest BCUT2D eigenvalue weighted by Crippen LogP contribution is -2.12. The first kappa shape index (κ1) is 17.9. The minimum atomic E-state index is -0.0523. The Balaban J connectivity index is 1.42. The summed E-state index contributed by atoms with van der Waals surface area (Å²) in [5.41, 5.74) is 1.89. The number of aryl methyl sites for hydroxylation is 1.